The molecule has 2 heterocycles. The van der Waals surface area contributed by atoms with Crippen molar-refractivity contribution in [1.29, 1.82) is 0 Å². The van der Waals surface area contributed by atoms with Crippen LogP contribution in [0.4, 0.5) is 0 Å². The molecule has 0 N–H and O–H groups in total. The lowest BCUT2D eigenvalue weighted by atomic mass is 9.93. The molecule has 1 aliphatic heterocycles. The number of sulfonamides is 1. The highest BCUT2D eigenvalue weighted by Gasteiger charge is 2.35. The molecule has 0 fully saturated rings. The summed E-state index contributed by atoms with van der Waals surface area (Å²) in [6.07, 6.45) is 1.35. The van der Waals surface area contributed by atoms with Crippen molar-refractivity contribution in [3.05, 3.63) is 81.0 Å². The van der Waals surface area contributed by atoms with E-state index in [1.54, 1.807) is 35.5 Å². The van der Waals surface area contributed by atoms with E-state index in [4.69, 9.17) is 16.3 Å². The molecule has 0 radical (unpaired) electrons. The number of amides is 1. The number of carbonyl (C=O) groups is 1. The van der Waals surface area contributed by atoms with Crippen molar-refractivity contribution in [3.63, 3.8) is 0 Å². The monoisotopic (exact) mass is 518 g/mol. The van der Waals surface area contributed by atoms with E-state index in [-0.39, 0.29) is 29.9 Å². The fourth-order valence-corrected chi connectivity index (χ4v) is 6.77. The Morgan fingerprint density at radius 2 is 1.85 bits per heavy atom. The number of nitrogens with zero attached hydrogens (tertiary/aromatic N) is 2. The van der Waals surface area contributed by atoms with E-state index in [9.17, 15) is 13.2 Å². The first-order chi connectivity index (χ1) is 16.3. The molecular formula is C25H27ClN2O4S2. The van der Waals surface area contributed by atoms with Gasteiger partial charge in [0.2, 0.25) is 15.9 Å². The number of hydrogen-bond acceptors (Lipinski definition) is 5. The Hall–Kier alpha value is -2.39. The maximum atomic E-state index is 13.6. The van der Waals surface area contributed by atoms with Gasteiger partial charge in [0.1, 0.15) is 5.75 Å². The number of hydrogen-bond donors (Lipinski definition) is 0. The number of thiophene rings is 1. The number of methoxy groups -OCH3 is 1. The Morgan fingerprint density at radius 1 is 1.15 bits per heavy atom. The van der Waals surface area contributed by atoms with Gasteiger partial charge in [0.05, 0.1) is 24.6 Å². The van der Waals surface area contributed by atoms with Crippen molar-refractivity contribution in [2.45, 2.75) is 30.7 Å². The number of halogens is 1. The van der Waals surface area contributed by atoms with E-state index in [0.717, 1.165) is 23.3 Å². The van der Waals surface area contributed by atoms with Gasteiger partial charge >= 0.3 is 0 Å². The van der Waals surface area contributed by atoms with E-state index < -0.39 is 10.0 Å². The summed E-state index contributed by atoms with van der Waals surface area (Å²) in [4.78, 5) is 16.8. The van der Waals surface area contributed by atoms with Gasteiger partial charge in [-0.3, -0.25) is 4.79 Å². The van der Waals surface area contributed by atoms with Gasteiger partial charge in [-0.1, -0.05) is 30.7 Å². The number of benzene rings is 2. The second-order valence-corrected chi connectivity index (χ2v) is 11.5. The van der Waals surface area contributed by atoms with Crippen LogP contribution >= 0.6 is 22.9 Å². The summed E-state index contributed by atoms with van der Waals surface area (Å²) in [5.74, 6) is 0.523. The molecule has 1 aliphatic rings. The summed E-state index contributed by atoms with van der Waals surface area (Å²) < 4.78 is 33.2. The zero-order valence-corrected chi connectivity index (χ0v) is 21.5. The maximum Gasteiger partial charge on any atom is 0.243 e. The molecule has 180 valence electrons. The van der Waals surface area contributed by atoms with Crippen molar-refractivity contribution >= 4 is 38.9 Å². The lowest BCUT2D eigenvalue weighted by Gasteiger charge is -2.37. The van der Waals surface area contributed by atoms with E-state index in [1.165, 1.54) is 21.3 Å². The van der Waals surface area contributed by atoms with Gasteiger partial charge in [-0.05, 0) is 71.8 Å². The summed E-state index contributed by atoms with van der Waals surface area (Å²) >= 11 is 7.63. The standard InChI is InChI=1S/C25H27ClN2O4S2/c1-3-14-27(34(30,31)21-10-6-19(26)7-11-21)17-24(29)28-15-12-23-22(13-16-33-23)25(28)18-4-8-20(32-2)9-5-18/h4-11,13,16,25H,3,12,14-15,17H2,1-2H3. The summed E-state index contributed by atoms with van der Waals surface area (Å²) in [7, 11) is -2.22. The van der Waals surface area contributed by atoms with Crippen LogP contribution in [0.3, 0.4) is 0 Å². The lowest BCUT2D eigenvalue weighted by Crippen LogP contribution is -2.46. The fraction of sp³-hybridized carbons (Fsp3) is 0.320. The molecular weight excluding hydrogens is 492 g/mol. The third-order valence-electron chi connectivity index (χ3n) is 5.95. The molecule has 0 aliphatic carbocycles. The second-order valence-electron chi connectivity index (χ2n) is 8.10. The molecule has 9 heteroatoms. The molecule has 4 rings (SSSR count). The second kappa shape index (κ2) is 10.5. The largest absolute Gasteiger partial charge is 0.497 e. The van der Waals surface area contributed by atoms with Gasteiger partial charge in [0, 0.05) is 23.0 Å². The third-order valence-corrected chi connectivity index (χ3v) is 9.06. The van der Waals surface area contributed by atoms with Crippen LogP contribution in [0.1, 0.15) is 35.4 Å². The molecule has 2 aromatic carbocycles. The normalized spacial score (nSPS) is 15.9. The molecule has 1 aromatic heterocycles. The van der Waals surface area contributed by atoms with Gasteiger partial charge in [-0.25, -0.2) is 8.42 Å². The highest BCUT2D eigenvalue weighted by molar-refractivity contribution is 7.89. The van der Waals surface area contributed by atoms with Crippen LogP contribution in [0.2, 0.25) is 5.02 Å². The molecule has 1 atom stereocenters. The summed E-state index contributed by atoms with van der Waals surface area (Å²) in [6.45, 7) is 2.46. The summed E-state index contributed by atoms with van der Waals surface area (Å²) in [6, 6.07) is 15.5. The van der Waals surface area contributed by atoms with Gasteiger partial charge in [-0.2, -0.15) is 4.31 Å². The topological polar surface area (TPSA) is 66.9 Å². The van der Waals surface area contributed by atoms with Gasteiger partial charge in [-0.15, -0.1) is 11.3 Å². The molecule has 34 heavy (non-hydrogen) atoms. The van der Waals surface area contributed by atoms with Crippen LogP contribution < -0.4 is 4.74 Å². The van der Waals surface area contributed by atoms with Gasteiger partial charge < -0.3 is 9.64 Å². The Kier molecular flexibility index (Phi) is 7.62. The number of ether oxygens (including phenoxy) is 1. The molecule has 0 saturated heterocycles. The molecule has 1 unspecified atom stereocenters. The highest BCUT2D eigenvalue weighted by Crippen LogP contribution is 2.38. The van der Waals surface area contributed by atoms with Crippen molar-refractivity contribution < 1.29 is 17.9 Å². The van der Waals surface area contributed by atoms with E-state index >= 15 is 0 Å². The number of fused-ring (bicyclic) bond motifs is 1. The van der Waals surface area contributed by atoms with Crippen LogP contribution in [0.15, 0.2) is 64.9 Å². The molecule has 0 spiro atoms. The van der Waals surface area contributed by atoms with Crippen LogP contribution in [-0.4, -0.2) is 50.3 Å². The minimum absolute atomic E-state index is 0.128. The van der Waals surface area contributed by atoms with Gasteiger partial charge in [0.25, 0.3) is 0 Å². The predicted molar refractivity (Wildman–Crippen MR) is 135 cm³/mol. The average Bonchev–Trinajstić information content (AvgIpc) is 3.32. The quantitative estimate of drug-likeness (QED) is 0.421. The average molecular weight is 519 g/mol. The first-order valence-electron chi connectivity index (χ1n) is 11.1. The Balaban J connectivity index is 1.64. The van der Waals surface area contributed by atoms with Crippen LogP contribution in [-0.2, 0) is 21.2 Å². The zero-order chi connectivity index (χ0) is 24.3. The van der Waals surface area contributed by atoms with Crippen molar-refractivity contribution in [1.82, 2.24) is 9.21 Å². The van der Waals surface area contributed by atoms with E-state index in [1.807, 2.05) is 36.6 Å². The minimum atomic E-state index is -3.84. The summed E-state index contributed by atoms with van der Waals surface area (Å²) in [5, 5.41) is 2.50. The van der Waals surface area contributed by atoms with Crippen molar-refractivity contribution in [3.8, 4) is 5.75 Å². The van der Waals surface area contributed by atoms with Crippen LogP contribution in [0.25, 0.3) is 0 Å². The Bertz CT molecular complexity index is 1240. The minimum Gasteiger partial charge on any atom is -0.497 e. The first-order valence-corrected chi connectivity index (χ1v) is 13.8. The first kappa shape index (κ1) is 24.7. The van der Waals surface area contributed by atoms with Gasteiger partial charge in [0.15, 0.2) is 0 Å². The van der Waals surface area contributed by atoms with Crippen molar-refractivity contribution in [2.75, 3.05) is 26.7 Å². The molecule has 0 saturated carbocycles. The smallest absolute Gasteiger partial charge is 0.243 e. The lowest BCUT2D eigenvalue weighted by molar-refractivity contribution is -0.133. The third kappa shape index (κ3) is 5.00. The zero-order valence-electron chi connectivity index (χ0n) is 19.1. The molecule has 1 amide bonds. The fourth-order valence-electron chi connectivity index (χ4n) is 4.26. The Labute approximate surface area is 209 Å². The highest BCUT2D eigenvalue weighted by atomic mass is 35.5. The van der Waals surface area contributed by atoms with E-state index in [2.05, 4.69) is 6.07 Å². The maximum absolute atomic E-state index is 13.6. The Morgan fingerprint density at radius 3 is 2.50 bits per heavy atom. The number of rotatable bonds is 8. The number of carbonyl (C=O) groups excluding carboxylic acids is 1. The molecule has 0 bridgehead atoms. The molecule has 6 nitrogen and oxygen atoms in total. The SMILES string of the molecule is CCCN(CC(=O)N1CCc2sccc2C1c1ccc(OC)cc1)S(=O)(=O)c1ccc(Cl)cc1. The van der Waals surface area contributed by atoms with E-state index in [0.29, 0.717) is 18.0 Å². The van der Waals surface area contributed by atoms with Crippen LogP contribution in [0, 0.1) is 0 Å². The summed E-state index contributed by atoms with van der Waals surface area (Å²) in [5.41, 5.74) is 2.06. The van der Waals surface area contributed by atoms with Crippen molar-refractivity contribution in [2.24, 2.45) is 0 Å². The van der Waals surface area contributed by atoms with Crippen LogP contribution in [0.5, 0.6) is 5.75 Å². The predicted octanol–water partition coefficient (Wildman–Crippen LogP) is 4.99. The molecule has 3 aromatic rings.